The van der Waals surface area contributed by atoms with Crippen molar-refractivity contribution in [3.63, 3.8) is 0 Å². The zero-order chi connectivity index (χ0) is 9.84. The molecule has 1 aromatic rings. The van der Waals surface area contributed by atoms with Gasteiger partial charge in [0, 0.05) is 6.54 Å². The van der Waals surface area contributed by atoms with Gasteiger partial charge in [0.05, 0.1) is 5.56 Å². The summed E-state index contributed by atoms with van der Waals surface area (Å²) < 4.78 is 12.7. The van der Waals surface area contributed by atoms with E-state index in [9.17, 15) is 9.18 Å². The first-order valence-electron chi connectivity index (χ1n) is 3.81. The topological polar surface area (TPSA) is 49.3 Å². The second kappa shape index (κ2) is 4.00. The molecule has 0 aliphatic rings. The molecule has 13 heavy (non-hydrogen) atoms. The van der Waals surface area contributed by atoms with Crippen molar-refractivity contribution in [1.82, 2.24) is 5.32 Å². The van der Waals surface area contributed by atoms with Gasteiger partial charge < -0.3 is 10.4 Å². The first kappa shape index (κ1) is 9.67. The van der Waals surface area contributed by atoms with Crippen LogP contribution in [0.3, 0.4) is 0 Å². The van der Waals surface area contributed by atoms with Crippen molar-refractivity contribution in [2.75, 3.05) is 7.05 Å². The predicted molar refractivity (Wildman–Crippen MR) is 46.1 cm³/mol. The van der Waals surface area contributed by atoms with Gasteiger partial charge >= 0.3 is 5.97 Å². The van der Waals surface area contributed by atoms with Crippen LogP contribution in [0, 0.1) is 5.82 Å². The van der Waals surface area contributed by atoms with E-state index in [4.69, 9.17) is 5.11 Å². The molecule has 0 atom stereocenters. The number of benzene rings is 1. The predicted octanol–water partition coefficient (Wildman–Crippen LogP) is 1.24. The smallest absolute Gasteiger partial charge is 0.336 e. The van der Waals surface area contributed by atoms with E-state index in [1.165, 1.54) is 12.1 Å². The summed E-state index contributed by atoms with van der Waals surface area (Å²) in [4.78, 5) is 10.7. The van der Waals surface area contributed by atoms with Gasteiger partial charge in [-0.15, -0.1) is 0 Å². The Morgan fingerprint density at radius 2 is 2.31 bits per heavy atom. The maximum atomic E-state index is 12.7. The van der Waals surface area contributed by atoms with Gasteiger partial charge in [0.25, 0.3) is 0 Å². The lowest BCUT2D eigenvalue weighted by Crippen LogP contribution is -2.11. The maximum Gasteiger partial charge on any atom is 0.336 e. The zero-order valence-electron chi connectivity index (χ0n) is 7.17. The number of hydrogen-bond donors (Lipinski definition) is 2. The Morgan fingerprint density at radius 1 is 1.62 bits per heavy atom. The fraction of sp³-hybridized carbons (Fsp3) is 0.222. The van der Waals surface area contributed by atoms with E-state index in [1.807, 2.05) is 0 Å². The second-order valence-electron chi connectivity index (χ2n) is 2.64. The van der Waals surface area contributed by atoms with E-state index in [1.54, 1.807) is 7.05 Å². The molecule has 70 valence electrons. The lowest BCUT2D eigenvalue weighted by molar-refractivity contribution is 0.0695. The van der Waals surface area contributed by atoms with Crippen LogP contribution in [-0.4, -0.2) is 18.1 Å². The molecule has 0 aliphatic carbocycles. The summed E-state index contributed by atoms with van der Waals surface area (Å²) in [5.41, 5.74) is 0.589. The largest absolute Gasteiger partial charge is 0.478 e. The van der Waals surface area contributed by atoms with Crippen LogP contribution in [-0.2, 0) is 6.54 Å². The summed E-state index contributed by atoms with van der Waals surface area (Å²) in [6.07, 6.45) is 0. The molecule has 1 aromatic carbocycles. The molecule has 4 heteroatoms. The van der Waals surface area contributed by atoms with E-state index >= 15 is 0 Å². The van der Waals surface area contributed by atoms with Gasteiger partial charge in [0.15, 0.2) is 0 Å². The van der Waals surface area contributed by atoms with Crippen LogP contribution >= 0.6 is 0 Å². The quantitative estimate of drug-likeness (QED) is 0.741. The van der Waals surface area contributed by atoms with E-state index in [2.05, 4.69) is 5.32 Å². The highest BCUT2D eigenvalue weighted by Crippen LogP contribution is 2.11. The lowest BCUT2D eigenvalue weighted by Gasteiger charge is -2.04. The number of rotatable bonds is 3. The molecule has 0 amide bonds. The van der Waals surface area contributed by atoms with Crippen LogP contribution in [0.4, 0.5) is 4.39 Å². The molecule has 0 spiro atoms. The zero-order valence-corrected chi connectivity index (χ0v) is 7.17. The minimum absolute atomic E-state index is 0.00866. The van der Waals surface area contributed by atoms with Crippen LogP contribution in [0.2, 0.25) is 0 Å². The summed E-state index contributed by atoms with van der Waals surface area (Å²) in [5.74, 6) is -1.64. The number of carboxylic acid groups (broad SMARTS) is 1. The molecule has 0 radical (unpaired) electrons. The Hall–Kier alpha value is -1.42. The van der Waals surface area contributed by atoms with Gasteiger partial charge in [0.2, 0.25) is 0 Å². The number of nitrogens with one attached hydrogen (secondary N) is 1. The molecule has 0 aliphatic heterocycles. The first-order chi connectivity index (χ1) is 6.15. The number of carboxylic acids is 1. The average Bonchev–Trinajstić information content (AvgIpc) is 2.08. The van der Waals surface area contributed by atoms with Gasteiger partial charge in [-0.2, -0.15) is 0 Å². The third kappa shape index (κ3) is 2.26. The molecule has 0 heterocycles. The average molecular weight is 183 g/mol. The summed E-state index contributed by atoms with van der Waals surface area (Å²) >= 11 is 0. The number of carbonyl (C=O) groups is 1. The van der Waals surface area contributed by atoms with Crippen molar-refractivity contribution in [2.45, 2.75) is 6.54 Å². The molecule has 0 unspecified atom stereocenters. The third-order valence-corrected chi connectivity index (χ3v) is 1.67. The fourth-order valence-electron chi connectivity index (χ4n) is 1.09. The van der Waals surface area contributed by atoms with Crippen molar-refractivity contribution in [3.05, 3.63) is 35.1 Å². The van der Waals surface area contributed by atoms with Crippen molar-refractivity contribution in [2.24, 2.45) is 0 Å². The standard InChI is InChI=1S/C9H10FNO2/c1-11-5-6-2-3-7(10)4-8(6)9(12)13/h2-4,11H,5H2,1H3,(H,12,13). The minimum Gasteiger partial charge on any atom is -0.478 e. The minimum atomic E-state index is -1.11. The molecule has 0 saturated carbocycles. The highest BCUT2D eigenvalue weighted by atomic mass is 19.1. The van der Waals surface area contributed by atoms with Crippen molar-refractivity contribution >= 4 is 5.97 Å². The van der Waals surface area contributed by atoms with Gasteiger partial charge in [-0.05, 0) is 24.7 Å². The summed E-state index contributed by atoms with van der Waals surface area (Å²) in [6.45, 7) is 0.419. The Labute approximate surface area is 75.2 Å². The van der Waals surface area contributed by atoms with Crippen molar-refractivity contribution < 1.29 is 14.3 Å². The van der Waals surface area contributed by atoms with Crippen LogP contribution in [0.5, 0.6) is 0 Å². The Balaban J connectivity index is 3.10. The molecule has 0 aromatic heterocycles. The SMILES string of the molecule is CNCc1ccc(F)cc1C(=O)O. The molecule has 3 nitrogen and oxygen atoms in total. The molecule has 0 fully saturated rings. The molecule has 2 N–H and O–H groups in total. The molecule has 1 rings (SSSR count). The van der Waals surface area contributed by atoms with E-state index in [-0.39, 0.29) is 5.56 Å². The monoisotopic (exact) mass is 183 g/mol. The Bertz CT molecular complexity index is 325. The van der Waals surface area contributed by atoms with Crippen molar-refractivity contribution in [3.8, 4) is 0 Å². The van der Waals surface area contributed by atoms with Crippen LogP contribution < -0.4 is 5.32 Å². The van der Waals surface area contributed by atoms with Gasteiger partial charge in [-0.1, -0.05) is 6.07 Å². The maximum absolute atomic E-state index is 12.7. The molecular formula is C9H10FNO2. The summed E-state index contributed by atoms with van der Waals surface area (Å²) in [6, 6.07) is 3.74. The molecular weight excluding hydrogens is 173 g/mol. The molecule has 0 bridgehead atoms. The Kier molecular flexibility index (Phi) is 2.97. The van der Waals surface area contributed by atoms with Gasteiger partial charge in [-0.3, -0.25) is 0 Å². The summed E-state index contributed by atoms with van der Waals surface area (Å²) in [5, 5.41) is 11.5. The molecule has 0 saturated heterocycles. The third-order valence-electron chi connectivity index (χ3n) is 1.67. The first-order valence-corrected chi connectivity index (χ1v) is 3.81. The van der Waals surface area contributed by atoms with Crippen LogP contribution in [0.25, 0.3) is 0 Å². The normalized spacial score (nSPS) is 10.0. The van der Waals surface area contributed by atoms with E-state index in [0.717, 1.165) is 6.07 Å². The van der Waals surface area contributed by atoms with Gasteiger partial charge in [-0.25, -0.2) is 9.18 Å². The number of halogens is 1. The lowest BCUT2D eigenvalue weighted by atomic mass is 10.1. The fourth-order valence-corrected chi connectivity index (χ4v) is 1.09. The summed E-state index contributed by atoms with van der Waals surface area (Å²) in [7, 11) is 1.70. The van der Waals surface area contributed by atoms with Crippen LogP contribution in [0.15, 0.2) is 18.2 Å². The second-order valence-corrected chi connectivity index (χ2v) is 2.64. The highest BCUT2D eigenvalue weighted by molar-refractivity contribution is 5.89. The van der Waals surface area contributed by atoms with E-state index < -0.39 is 11.8 Å². The Morgan fingerprint density at radius 3 is 2.85 bits per heavy atom. The number of hydrogen-bond acceptors (Lipinski definition) is 2. The number of aromatic carboxylic acids is 1. The van der Waals surface area contributed by atoms with Gasteiger partial charge in [0.1, 0.15) is 5.82 Å². The highest BCUT2D eigenvalue weighted by Gasteiger charge is 2.09. The van der Waals surface area contributed by atoms with Crippen LogP contribution in [0.1, 0.15) is 15.9 Å². The van der Waals surface area contributed by atoms with Crippen molar-refractivity contribution in [1.29, 1.82) is 0 Å². The van der Waals surface area contributed by atoms with E-state index in [0.29, 0.717) is 12.1 Å².